The van der Waals surface area contributed by atoms with Crippen molar-refractivity contribution in [2.24, 2.45) is 0 Å². The second kappa shape index (κ2) is 7.06. The zero-order chi connectivity index (χ0) is 13.7. The fraction of sp³-hybridized carbons (Fsp3) is 0.600. The Morgan fingerprint density at radius 3 is 2.37 bits per heavy atom. The van der Waals surface area contributed by atoms with E-state index in [0.29, 0.717) is 6.04 Å². The van der Waals surface area contributed by atoms with E-state index in [1.165, 1.54) is 36.1 Å². The zero-order valence-corrected chi connectivity index (χ0v) is 12.8. The Kier molecular flexibility index (Phi) is 5.40. The highest BCUT2D eigenvalue weighted by Crippen LogP contribution is 2.34. The molecule has 0 saturated heterocycles. The van der Waals surface area contributed by atoms with Crippen LogP contribution in [-0.2, 0) is 6.54 Å². The van der Waals surface area contributed by atoms with Gasteiger partial charge < -0.3 is 14.8 Å². The van der Waals surface area contributed by atoms with Gasteiger partial charge in [0.15, 0.2) is 11.5 Å². The summed E-state index contributed by atoms with van der Waals surface area (Å²) in [5.41, 5.74) is 1.29. The van der Waals surface area contributed by atoms with Crippen LogP contribution in [0.3, 0.4) is 0 Å². The third-order valence-electron chi connectivity index (χ3n) is 3.72. The van der Waals surface area contributed by atoms with Crippen LogP contribution in [0.25, 0.3) is 0 Å². The number of nitrogens with one attached hydrogen (secondary N) is 1. The molecule has 106 valence electrons. The average Bonchev–Trinajstić information content (AvgIpc) is 2.97. The number of hydrogen-bond acceptors (Lipinski definition) is 4. The smallest absolute Gasteiger partial charge is 0.161 e. The van der Waals surface area contributed by atoms with E-state index in [9.17, 15) is 0 Å². The van der Waals surface area contributed by atoms with E-state index in [2.05, 4.69) is 23.7 Å². The first kappa shape index (κ1) is 14.5. The Morgan fingerprint density at radius 2 is 1.79 bits per heavy atom. The highest BCUT2D eigenvalue weighted by Gasteiger charge is 2.16. The molecule has 0 unspecified atom stereocenters. The van der Waals surface area contributed by atoms with Gasteiger partial charge >= 0.3 is 0 Å². The molecule has 0 spiro atoms. The van der Waals surface area contributed by atoms with E-state index in [0.717, 1.165) is 18.0 Å². The van der Waals surface area contributed by atoms with Crippen molar-refractivity contribution in [3.05, 3.63) is 17.7 Å². The molecule has 3 nitrogen and oxygen atoms in total. The molecule has 1 aromatic carbocycles. The van der Waals surface area contributed by atoms with Crippen LogP contribution in [-0.4, -0.2) is 26.5 Å². The van der Waals surface area contributed by atoms with Crippen LogP contribution in [0.5, 0.6) is 11.5 Å². The summed E-state index contributed by atoms with van der Waals surface area (Å²) >= 11 is 1.75. The molecule has 1 aliphatic carbocycles. The molecule has 2 rings (SSSR count). The summed E-state index contributed by atoms with van der Waals surface area (Å²) in [6, 6.07) is 4.84. The van der Waals surface area contributed by atoms with Crippen LogP contribution in [0.15, 0.2) is 17.0 Å². The number of ether oxygens (including phenoxy) is 2. The lowest BCUT2D eigenvalue weighted by Crippen LogP contribution is -2.25. The quantitative estimate of drug-likeness (QED) is 0.809. The second-order valence-electron chi connectivity index (χ2n) is 4.88. The monoisotopic (exact) mass is 281 g/mol. The Morgan fingerprint density at radius 1 is 1.16 bits per heavy atom. The summed E-state index contributed by atoms with van der Waals surface area (Å²) in [4.78, 5) is 1.25. The second-order valence-corrected chi connectivity index (χ2v) is 5.73. The van der Waals surface area contributed by atoms with E-state index < -0.39 is 0 Å². The van der Waals surface area contributed by atoms with Gasteiger partial charge in [-0.05, 0) is 36.8 Å². The molecule has 0 aliphatic heterocycles. The van der Waals surface area contributed by atoms with Gasteiger partial charge in [0.1, 0.15) is 0 Å². The molecule has 0 atom stereocenters. The fourth-order valence-electron chi connectivity index (χ4n) is 2.61. The predicted molar refractivity (Wildman–Crippen MR) is 80.4 cm³/mol. The largest absolute Gasteiger partial charge is 0.493 e. The normalized spacial score (nSPS) is 15.7. The third-order valence-corrected chi connectivity index (χ3v) is 4.54. The third kappa shape index (κ3) is 3.57. The van der Waals surface area contributed by atoms with Crippen molar-refractivity contribution in [2.45, 2.75) is 43.2 Å². The van der Waals surface area contributed by atoms with E-state index in [-0.39, 0.29) is 0 Å². The van der Waals surface area contributed by atoms with Crippen molar-refractivity contribution >= 4 is 11.8 Å². The first-order valence-electron chi connectivity index (χ1n) is 6.80. The SMILES string of the molecule is COc1cc(CNC2CCCC2)c(SC)cc1OC. The minimum absolute atomic E-state index is 0.683. The van der Waals surface area contributed by atoms with Crippen LogP contribution >= 0.6 is 11.8 Å². The Bertz CT molecular complexity index is 417. The summed E-state index contributed by atoms with van der Waals surface area (Å²) in [5, 5.41) is 3.65. The lowest BCUT2D eigenvalue weighted by molar-refractivity contribution is 0.353. The number of hydrogen-bond donors (Lipinski definition) is 1. The van der Waals surface area contributed by atoms with E-state index in [1.807, 2.05) is 0 Å². The molecule has 0 bridgehead atoms. The van der Waals surface area contributed by atoms with Crippen molar-refractivity contribution in [1.82, 2.24) is 5.32 Å². The molecule has 1 saturated carbocycles. The number of methoxy groups -OCH3 is 2. The Labute approximate surface area is 120 Å². The maximum absolute atomic E-state index is 5.39. The van der Waals surface area contributed by atoms with Crippen LogP contribution in [0.4, 0.5) is 0 Å². The van der Waals surface area contributed by atoms with Crippen LogP contribution < -0.4 is 14.8 Å². The van der Waals surface area contributed by atoms with Gasteiger partial charge in [0, 0.05) is 17.5 Å². The minimum atomic E-state index is 0.683. The Balaban J connectivity index is 2.12. The molecule has 4 heteroatoms. The molecule has 19 heavy (non-hydrogen) atoms. The van der Waals surface area contributed by atoms with Gasteiger partial charge in [0.05, 0.1) is 14.2 Å². The highest BCUT2D eigenvalue weighted by atomic mass is 32.2. The summed E-state index contributed by atoms with van der Waals surface area (Å²) in [7, 11) is 3.36. The summed E-state index contributed by atoms with van der Waals surface area (Å²) < 4.78 is 10.7. The number of benzene rings is 1. The maximum atomic E-state index is 5.39. The highest BCUT2D eigenvalue weighted by molar-refractivity contribution is 7.98. The Hall–Kier alpha value is -0.870. The average molecular weight is 281 g/mol. The first-order chi connectivity index (χ1) is 9.28. The molecule has 1 fully saturated rings. The van der Waals surface area contributed by atoms with Crippen LogP contribution in [0.2, 0.25) is 0 Å². The van der Waals surface area contributed by atoms with Gasteiger partial charge in [-0.3, -0.25) is 0 Å². The molecular formula is C15H23NO2S. The molecule has 0 radical (unpaired) electrons. The maximum Gasteiger partial charge on any atom is 0.161 e. The summed E-state index contributed by atoms with van der Waals surface area (Å²) in [6.07, 6.45) is 7.43. The van der Waals surface area contributed by atoms with Gasteiger partial charge in [0.25, 0.3) is 0 Å². The van der Waals surface area contributed by atoms with Gasteiger partial charge in [-0.25, -0.2) is 0 Å². The van der Waals surface area contributed by atoms with E-state index in [1.54, 1.807) is 26.0 Å². The summed E-state index contributed by atoms with van der Waals surface area (Å²) in [5.74, 6) is 1.61. The molecule has 1 N–H and O–H groups in total. The topological polar surface area (TPSA) is 30.5 Å². The zero-order valence-electron chi connectivity index (χ0n) is 12.0. The number of thioether (sulfide) groups is 1. The van der Waals surface area contributed by atoms with Crippen molar-refractivity contribution in [3.8, 4) is 11.5 Å². The molecule has 1 aromatic rings. The van der Waals surface area contributed by atoms with Crippen LogP contribution in [0.1, 0.15) is 31.2 Å². The summed E-state index contributed by atoms with van der Waals surface area (Å²) in [6.45, 7) is 0.904. The molecular weight excluding hydrogens is 258 g/mol. The van der Waals surface area contributed by atoms with Crippen LogP contribution in [0, 0.1) is 0 Å². The van der Waals surface area contributed by atoms with Crippen molar-refractivity contribution in [2.75, 3.05) is 20.5 Å². The molecule has 0 heterocycles. The van der Waals surface area contributed by atoms with E-state index in [4.69, 9.17) is 9.47 Å². The predicted octanol–water partition coefficient (Wildman–Crippen LogP) is 3.46. The minimum Gasteiger partial charge on any atom is -0.493 e. The van der Waals surface area contributed by atoms with Gasteiger partial charge in [-0.2, -0.15) is 0 Å². The lowest BCUT2D eigenvalue weighted by Gasteiger charge is -2.16. The van der Waals surface area contributed by atoms with Crippen molar-refractivity contribution in [3.63, 3.8) is 0 Å². The lowest BCUT2D eigenvalue weighted by atomic mass is 10.1. The molecule has 0 aromatic heterocycles. The number of rotatable bonds is 6. The molecule has 0 amide bonds. The van der Waals surface area contributed by atoms with Gasteiger partial charge in [0.2, 0.25) is 0 Å². The molecule has 1 aliphatic rings. The van der Waals surface area contributed by atoms with Gasteiger partial charge in [-0.15, -0.1) is 11.8 Å². The van der Waals surface area contributed by atoms with Crippen molar-refractivity contribution in [1.29, 1.82) is 0 Å². The first-order valence-corrected chi connectivity index (χ1v) is 8.03. The van der Waals surface area contributed by atoms with E-state index >= 15 is 0 Å². The van der Waals surface area contributed by atoms with Gasteiger partial charge in [-0.1, -0.05) is 12.8 Å². The standard InChI is InChI=1S/C15H23NO2S/c1-17-13-8-11(10-16-12-6-4-5-7-12)15(19-3)9-14(13)18-2/h8-9,12,16H,4-7,10H2,1-3H3. The fourth-order valence-corrected chi connectivity index (χ4v) is 3.23. The van der Waals surface area contributed by atoms with Crippen molar-refractivity contribution < 1.29 is 9.47 Å².